The van der Waals surface area contributed by atoms with Gasteiger partial charge in [0.05, 0.1) is 27.8 Å². The van der Waals surface area contributed by atoms with Gasteiger partial charge in [-0.3, -0.25) is 4.72 Å². The normalized spacial score (nSPS) is 12.6. The van der Waals surface area contributed by atoms with Crippen LogP contribution < -0.4 is 9.01 Å². The molecule has 0 aliphatic rings. The van der Waals surface area contributed by atoms with E-state index in [9.17, 15) is 13.0 Å². The second kappa shape index (κ2) is 8.25. The van der Waals surface area contributed by atoms with Crippen molar-refractivity contribution in [2.75, 3.05) is 4.72 Å². The Balaban J connectivity index is 1.72. The largest absolute Gasteiger partial charge is 0.363 e. The predicted molar refractivity (Wildman–Crippen MR) is 110 cm³/mol. The van der Waals surface area contributed by atoms with Crippen molar-refractivity contribution in [1.82, 2.24) is 24.5 Å². The third-order valence-electron chi connectivity index (χ3n) is 4.43. The molecule has 13 heteroatoms. The second-order valence-electron chi connectivity index (χ2n) is 6.15. The first-order valence-corrected chi connectivity index (χ1v) is 10.4. The van der Waals surface area contributed by atoms with Crippen LogP contribution in [0.15, 0.2) is 41.8 Å². The summed E-state index contributed by atoms with van der Waals surface area (Å²) in [5, 5.41) is 8.89. The topological polar surface area (TPSA) is 89.8 Å². The quantitative estimate of drug-likeness (QED) is 0.401. The van der Waals surface area contributed by atoms with Crippen LogP contribution >= 0.6 is 23.5 Å². The van der Waals surface area contributed by atoms with E-state index in [1.807, 2.05) is 13.1 Å². The Morgan fingerprint density at radius 1 is 1.33 bits per heavy atom. The molecule has 0 saturated carbocycles. The molecule has 2 N–H and O–H groups in total. The summed E-state index contributed by atoms with van der Waals surface area (Å²) in [5.41, 5.74) is 2.21. The molecule has 8 nitrogen and oxygen atoms in total. The molecule has 158 valence electrons. The molecule has 0 aliphatic heterocycles. The SMILES string of the molecule is CCc1cnn(-c2c(Cl)ccc3c(S(=O)Nc4cnn(C(F)F)c4OCl)c[nH]c23)c1. The maximum atomic E-state index is 13.0. The van der Waals surface area contributed by atoms with E-state index in [2.05, 4.69) is 24.2 Å². The van der Waals surface area contributed by atoms with Gasteiger partial charge in [-0.15, -0.1) is 0 Å². The summed E-state index contributed by atoms with van der Waals surface area (Å²) in [6.07, 6.45) is 7.01. The van der Waals surface area contributed by atoms with Gasteiger partial charge in [-0.1, -0.05) is 18.5 Å². The molecule has 0 radical (unpaired) electrons. The minimum Gasteiger partial charge on any atom is -0.363 e. The zero-order valence-corrected chi connectivity index (χ0v) is 17.6. The fourth-order valence-corrected chi connectivity index (χ4v) is 4.35. The number of aromatic amines is 1. The molecule has 0 spiro atoms. The average molecular weight is 475 g/mol. The molecule has 3 aromatic heterocycles. The lowest BCUT2D eigenvalue weighted by molar-refractivity contribution is 0.0515. The molecule has 4 aromatic rings. The molecule has 0 fully saturated rings. The number of halogens is 4. The summed E-state index contributed by atoms with van der Waals surface area (Å²) in [6, 6.07) is 3.38. The molecule has 1 aromatic carbocycles. The van der Waals surface area contributed by atoms with Crippen LogP contribution in [-0.2, 0) is 17.4 Å². The van der Waals surface area contributed by atoms with E-state index in [1.54, 1.807) is 23.0 Å². The van der Waals surface area contributed by atoms with Crippen molar-refractivity contribution in [3.8, 4) is 11.6 Å². The van der Waals surface area contributed by atoms with Crippen molar-refractivity contribution in [1.29, 1.82) is 0 Å². The maximum absolute atomic E-state index is 13.0. The zero-order valence-electron chi connectivity index (χ0n) is 15.3. The van der Waals surface area contributed by atoms with Crippen molar-refractivity contribution in [3.05, 3.63) is 47.5 Å². The summed E-state index contributed by atoms with van der Waals surface area (Å²) >= 11 is 11.7. The van der Waals surface area contributed by atoms with Crippen molar-refractivity contribution in [2.45, 2.75) is 24.8 Å². The number of hydrogen-bond acceptors (Lipinski definition) is 4. The summed E-state index contributed by atoms with van der Waals surface area (Å²) < 4.78 is 47.8. The number of aryl methyl sites for hydroxylation is 1. The fraction of sp³-hybridized carbons (Fsp3) is 0.176. The average Bonchev–Trinajstić information content (AvgIpc) is 3.45. The summed E-state index contributed by atoms with van der Waals surface area (Å²) in [4.78, 5) is 3.44. The number of benzene rings is 1. The van der Waals surface area contributed by atoms with Crippen LogP contribution in [0, 0.1) is 0 Å². The standard InChI is InChI=1S/C17H14Cl2F2N6O2S/c1-2-9-5-23-26(8-9)15-11(18)4-3-10-13(7-22-14(10)15)30(28)25-12-6-24-27(17(20)21)16(12)29-19/h3-8,17,22,25H,2H2,1H3. The van der Waals surface area contributed by atoms with Gasteiger partial charge in [-0.25, -0.2) is 8.89 Å². The van der Waals surface area contributed by atoms with Gasteiger partial charge in [0.25, 0.3) is 5.88 Å². The number of hydrogen-bond donors (Lipinski definition) is 2. The van der Waals surface area contributed by atoms with Gasteiger partial charge in [0.15, 0.2) is 11.0 Å². The summed E-state index contributed by atoms with van der Waals surface area (Å²) in [5.74, 6) is -0.452. The number of nitrogens with one attached hydrogen (secondary N) is 2. The Morgan fingerprint density at radius 3 is 2.80 bits per heavy atom. The van der Waals surface area contributed by atoms with E-state index in [0.29, 0.717) is 26.5 Å². The number of nitrogens with zero attached hydrogens (tertiary/aromatic N) is 4. The molecule has 0 saturated heterocycles. The highest BCUT2D eigenvalue weighted by Gasteiger charge is 2.22. The molecular weight excluding hydrogens is 461 g/mol. The van der Waals surface area contributed by atoms with Gasteiger partial charge in [-0.2, -0.15) is 23.7 Å². The molecule has 4 rings (SSSR count). The summed E-state index contributed by atoms with van der Waals surface area (Å²) in [7, 11) is -1.85. The fourth-order valence-electron chi connectivity index (χ4n) is 2.97. The van der Waals surface area contributed by atoms with Crippen LogP contribution in [0.4, 0.5) is 14.5 Å². The second-order valence-corrected chi connectivity index (χ2v) is 7.89. The molecule has 0 amide bonds. The van der Waals surface area contributed by atoms with Crippen LogP contribution in [0.2, 0.25) is 5.02 Å². The van der Waals surface area contributed by atoms with Crippen LogP contribution in [0.3, 0.4) is 0 Å². The minimum atomic E-state index is -2.97. The van der Waals surface area contributed by atoms with E-state index >= 15 is 0 Å². The minimum absolute atomic E-state index is 0.0492. The van der Waals surface area contributed by atoms with Gasteiger partial charge in [0.1, 0.15) is 23.2 Å². The first kappa shape index (κ1) is 20.6. The summed E-state index contributed by atoms with van der Waals surface area (Å²) in [6.45, 7) is -0.956. The van der Waals surface area contributed by atoms with Crippen molar-refractivity contribution >= 4 is 51.0 Å². The van der Waals surface area contributed by atoms with E-state index in [4.69, 9.17) is 23.5 Å². The van der Waals surface area contributed by atoms with Crippen molar-refractivity contribution < 1.29 is 17.3 Å². The number of aromatic nitrogens is 5. The van der Waals surface area contributed by atoms with E-state index < -0.39 is 23.4 Å². The van der Waals surface area contributed by atoms with Gasteiger partial charge in [0, 0.05) is 17.8 Å². The third-order valence-corrected chi connectivity index (χ3v) is 6.02. The molecular formula is C17H14Cl2F2N6O2S. The molecule has 30 heavy (non-hydrogen) atoms. The lowest BCUT2D eigenvalue weighted by Gasteiger charge is -2.08. The van der Waals surface area contributed by atoms with E-state index in [1.165, 1.54) is 6.20 Å². The monoisotopic (exact) mass is 474 g/mol. The number of fused-ring (bicyclic) bond motifs is 1. The Labute approximate surface area is 181 Å². The number of anilines is 1. The number of H-pyrrole nitrogens is 1. The Morgan fingerprint density at radius 2 is 2.13 bits per heavy atom. The van der Waals surface area contributed by atoms with Gasteiger partial charge in [-0.05, 0) is 24.1 Å². The zero-order chi connectivity index (χ0) is 21.4. The smallest absolute Gasteiger partial charge is 0.336 e. The third kappa shape index (κ3) is 3.53. The molecule has 1 unspecified atom stereocenters. The van der Waals surface area contributed by atoms with E-state index in [0.717, 1.165) is 18.2 Å². The van der Waals surface area contributed by atoms with Crippen LogP contribution in [0.1, 0.15) is 19.0 Å². The van der Waals surface area contributed by atoms with Gasteiger partial charge < -0.3 is 9.27 Å². The first-order valence-electron chi connectivity index (χ1n) is 8.60. The van der Waals surface area contributed by atoms with E-state index in [-0.39, 0.29) is 10.4 Å². The number of rotatable bonds is 7. The van der Waals surface area contributed by atoms with Crippen molar-refractivity contribution in [3.63, 3.8) is 0 Å². The first-order chi connectivity index (χ1) is 14.4. The highest BCUT2D eigenvalue weighted by atomic mass is 35.5. The van der Waals surface area contributed by atoms with Gasteiger partial charge in [0.2, 0.25) is 0 Å². The highest BCUT2D eigenvalue weighted by molar-refractivity contribution is 7.86. The molecule has 0 aliphatic carbocycles. The lowest BCUT2D eigenvalue weighted by Crippen LogP contribution is -2.06. The Hall–Kier alpha value is -2.63. The molecule has 3 heterocycles. The van der Waals surface area contributed by atoms with Crippen molar-refractivity contribution in [2.24, 2.45) is 0 Å². The van der Waals surface area contributed by atoms with Crippen LogP contribution in [0.25, 0.3) is 16.6 Å². The van der Waals surface area contributed by atoms with Crippen LogP contribution in [-0.4, -0.2) is 28.8 Å². The predicted octanol–water partition coefficient (Wildman–Crippen LogP) is 4.83. The lowest BCUT2D eigenvalue weighted by atomic mass is 10.2. The Kier molecular flexibility index (Phi) is 5.67. The van der Waals surface area contributed by atoms with Gasteiger partial charge >= 0.3 is 6.55 Å². The molecule has 1 atom stereocenters. The maximum Gasteiger partial charge on any atom is 0.336 e. The van der Waals surface area contributed by atoms with Crippen LogP contribution in [0.5, 0.6) is 5.88 Å². The molecule has 0 bridgehead atoms. The number of alkyl halides is 2. The Bertz CT molecular complexity index is 1240. The highest BCUT2D eigenvalue weighted by Crippen LogP contribution is 2.34.